The smallest absolute Gasteiger partial charge is 0.0417 e. The van der Waals surface area contributed by atoms with E-state index in [1.54, 1.807) is 0 Å². The molecule has 0 fully saturated rings. The van der Waals surface area contributed by atoms with E-state index in [4.69, 9.17) is 0 Å². The van der Waals surface area contributed by atoms with Crippen molar-refractivity contribution in [1.29, 1.82) is 0 Å². The summed E-state index contributed by atoms with van der Waals surface area (Å²) in [4.78, 5) is 0. The molecule has 0 aliphatic carbocycles. The predicted molar refractivity (Wildman–Crippen MR) is 69.3 cm³/mol. The van der Waals surface area contributed by atoms with Crippen LogP contribution >= 0.6 is 0 Å². The Kier molecular flexibility index (Phi) is 3.73. The predicted octanol–water partition coefficient (Wildman–Crippen LogP) is 1.77. The Morgan fingerprint density at radius 2 is 1.88 bits per heavy atom. The minimum atomic E-state index is -2.23. The molecular weight excluding hydrogens is 236 g/mol. The van der Waals surface area contributed by atoms with Gasteiger partial charge in [-0.3, -0.25) is 4.21 Å². The van der Waals surface area contributed by atoms with Crippen molar-refractivity contribution in [1.82, 2.24) is 4.72 Å². The maximum Gasteiger partial charge on any atom is 0.0417 e. The van der Waals surface area contributed by atoms with Gasteiger partial charge >= 0.3 is 0 Å². The Balaban J connectivity index is 2.46. The van der Waals surface area contributed by atoms with Crippen LogP contribution in [0.15, 0.2) is 36.4 Å². The summed E-state index contributed by atoms with van der Waals surface area (Å²) in [6.07, 6.45) is 0. The number of anilines is 1. The number of nitrogens with one attached hydrogen (secondary N) is 2. The van der Waals surface area contributed by atoms with Crippen molar-refractivity contribution in [2.45, 2.75) is 6.54 Å². The first-order valence-electron chi connectivity index (χ1n) is 5.23. The maximum atomic E-state index is 10.5. The molecule has 4 nitrogen and oxygen atoms in total. The van der Waals surface area contributed by atoms with Gasteiger partial charge in [0.1, 0.15) is 0 Å². The average Bonchev–Trinajstić information content (AvgIpc) is 2.35. The third-order valence-corrected chi connectivity index (χ3v) is 3.04. The van der Waals surface area contributed by atoms with Crippen molar-refractivity contribution >= 4 is 27.7 Å². The summed E-state index contributed by atoms with van der Waals surface area (Å²) in [7, 11) is 1.87. The van der Waals surface area contributed by atoms with Crippen LogP contribution in [0.5, 0.6) is 0 Å². The van der Waals surface area contributed by atoms with Gasteiger partial charge in [-0.2, -0.15) is 0 Å². The highest BCUT2D eigenvalue weighted by atomic mass is 32.2. The van der Waals surface area contributed by atoms with E-state index in [0.29, 0.717) is 6.54 Å². The molecule has 1 atom stereocenters. The summed E-state index contributed by atoms with van der Waals surface area (Å²) >= 11 is -2.23. The highest BCUT2D eigenvalue weighted by Crippen LogP contribution is 2.25. The fraction of sp³-hybridized carbons (Fsp3) is 0.167. The zero-order valence-corrected chi connectivity index (χ0v) is 10.2. The summed E-state index contributed by atoms with van der Waals surface area (Å²) in [5, 5.41) is 5.26. The third kappa shape index (κ3) is 2.63. The van der Waals surface area contributed by atoms with Gasteiger partial charge in [0.25, 0.3) is 0 Å². The molecule has 0 saturated heterocycles. The SMILES string of the molecule is CNc1cccc2c(CNS(=O)[O-])cccc12. The molecule has 2 aromatic rings. The molecule has 0 aliphatic rings. The summed E-state index contributed by atoms with van der Waals surface area (Å²) in [6.45, 7) is 0.306. The number of benzene rings is 2. The van der Waals surface area contributed by atoms with E-state index in [2.05, 4.69) is 10.0 Å². The van der Waals surface area contributed by atoms with Crippen LogP contribution in [0.25, 0.3) is 10.8 Å². The molecule has 5 heteroatoms. The van der Waals surface area contributed by atoms with Crippen molar-refractivity contribution in [3.05, 3.63) is 42.0 Å². The van der Waals surface area contributed by atoms with E-state index in [9.17, 15) is 8.76 Å². The van der Waals surface area contributed by atoms with E-state index in [1.807, 2.05) is 43.4 Å². The third-order valence-electron chi connectivity index (χ3n) is 2.66. The Morgan fingerprint density at radius 1 is 1.18 bits per heavy atom. The van der Waals surface area contributed by atoms with Gasteiger partial charge in [-0.1, -0.05) is 30.3 Å². The van der Waals surface area contributed by atoms with E-state index in [0.717, 1.165) is 22.0 Å². The van der Waals surface area contributed by atoms with E-state index in [-0.39, 0.29) is 0 Å². The van der Waals surface area contributed by atoms with E-state index >= 15 is 0 Å². The molecule has 1 unspecified atom stereocenters. The lowest BCUT2D eigenvalue weighted by Crippen LogP contribution is -2.15. The van der Waals surface area contributed by atoms with Crippen LogP contribution < -0.4 is 10.0 Å². The van der Waals surface area contributed by atoms with Crippen molar-refractivity contribution in [3.63, 3.8) is 0 Å². The fourth-order valence-electron chi connectivity index (χ4n) is 1.88. The van der Waals surface area contributed by atoms with Crippen LogP contribution in [0.1, 0.15) is 5.56 Å². The number of rotatable bonds is 4. The van der Waals surface area contributed by atoms with Gasteiger partial charge in [-0.05, 0) is 17.0 Å². The Hall–Kier alpha value is -1.43. The van der Waals surface area contributed by atoms with E-state index in [1.165, 1.54) is 0 Å². The molecule has 0 spiro atoms. The van der Waals surface area contributed by atoms with Crippen LogP contribution in [0.3, 0.4) is 0 Å². The van der Waals surface area contributed by atoms with Crippen molar-refractivity contribution in [3.8, 4) is 0 Å². The Labute approximate surface area is 102 Å². The second-order valence-electron chi connectivity index (χ2n) is 3.62. The van der Waals surface area contributed by atoms with Crippen LogP contribution in [0, 0.1) is 0 Å². The summed E-state index contributed by atoms with van der Waals surface area (Å²) in [5.74, 6) is 0. The lowest BCUT2D eigenvalue weighted by molar-refractivity contribution is 0.523. The first-order valence-corrected chi connectivity index (χ1v) is 6.31. The summed E-state index contributed by atoms with van der Waals surface area (Å²) in [6, 6.07) is 11.8. The maximum absolute atomic E-state index is 10.5. The molecule has 0 amide bonds. The Bertz CT molecular complexity index is 557. The first kappa shape index (κ1) is 12.0. The van der Waals surface area contributed by atoms with Crippen molar-refractivity contribution < 1.29 is 8.76 Å². The lowest BCUT2D eigenvalue weighted by atomic mass is 10.0. The number of hydrogen-bond donors (Lipinski definition) is 2. The average molecular weight is 249 g/mol. The lowest BCUT2D eigenvalue weighted by Gasteiger charge is -2.12. The van der Waals surface area contributed by atoms with Crippen molar-refractivity contribution in [2.24, 2.45) is 0 Å². The number of hydrogen-bond acceptors (Lipinski definition) is 3. The molecule has 0 aliphatic heterocycles. The molecule has 0 heterocycles. The van der Waals surface area contributed by atoms with Gasteiger partial charge in [-0.25, -0.2) is 4.72 Å². The molecule has 0 radical (unpaired) electrons. The van der Waals surface area contributed by atoms with E-state index < -0.39 is 11.3 Å². The van der Waals surface area contributed by atoms with Crippen LogP contribution in [0.2, 0.25) is 0 Å². The molecule has 90 valence electrons. The monoisotopic (exact) mass is 249 g/mol. The second kappa shape index (κ2) is 5.27. The molecule has 2 aromatic carbocycles. The molecule has 2 rings (SSSR count). The number of fused-ring (bicyclic) bond motifs is 1. The zero-order chi connectivity index (χ0) is 12.3. The highest BCUT2D eigenvalue weighted by molar-refractivity contribution is 7.77. The second-order valence-corrected chi connectivity index (χ2v) is 4.38. The van der Waals surface area contributed by atoms with Gasteiger partial charge in [0, 0.05) is 35.9 Å². The quantitative estimate of drug-likeness (QED) is 0.812. The minimum Gasteiger partial charge on any atom is -0.760 e. The summed E-state index contributed by atoms with van der Waals surface area (Å²) < 4.78 is 23.4. The van der Waals surface area contributed by atoms with Crippen LogP contribution in [0.4, 0.5) is 5.69 Å². The molecule has 17 heavy (non-hydrogen) atoms. The first-order chi connectivity index (χ1) is 8.22. The normalized spacial score (nSPS) is 12.6. The van der Waals surface area contributed by atoms with Gasteiger partial charge in [0.15, 0.2) is 0 Å². The molecule has 0 bridgehead atoms. The van der Waals surface area contributed by atoms with Crippen LogP contribution in [-0.4, -0.2) is 15.8 Å². The van der Waals surface area contributed by atoms with Crippen molar-refractivity contribution in [2.75, 3.05) is 12.4 Å². The molecule has 0 aromatic heterocycles. The zero-order valence-electron chi connectivity index (χ0n) is 9.40. The fourth-order valence-corrected chi connectivity index (χ4v) is 2.16. The molecule has 0 saturated carbocycles. The largest absolute Gasteiger partial charge is 0.760 e. The minimum absolute atomic E-state index is 0.306. The standard InChI is InChI=1S/C12H14N2O2S/c1-13-12-7-3-5-10-9(8-14-17(15)16)4-2-6-11(10)12/h2-7,13-14H,8H2,1H3,(H,15,16)/p-1. The Morgan fingerprint density at radius 3 is 2.59 bits per heavy atom. The molecule has 2 N–H and O–H groups in total. The van der Waals surface area contributed by atoms with Gasteiger partial charge in [0.2, 0.25) is 0 Å². The summed E-state index contributed by atoms with van der Waals surface area (Å²) in [5.41, 5.74) is 2.00. The highest BCUT2D eigenvalue weighted by Gasteiger charge is 2.03. The van der Waals surface area contributed by atoms with Gasteiger partial charge in [0.05, 0.1) is 0 Å². The molecular formula is C12H13N2O2S-. The van der Waals surface area contributed by atoms with Crippen LogP contribution in [-0.2, 0) is 17.8 Å². The van der Waals surface area contributed by atoms with Gasteiger partial charge < -0.3 is 9.87 Å². The topological polar surface area (TPSA) is 64.2 Å². The van der Waals surface area contributed by atoms with Gasteiger partial charge in [-0.15, -0.1) is 0 Å².